The summed E-state index contributed by atoms with van der Waals surface area (Å²) < 4.78 is 7.53. The maximum absolute atomic E-state index is 13.5. The Morgan fingerprint density at radius 1 is 1.06 bits per heavy atom. The first-order valence-corrected chi connectivity index (χ1v) is 11.4. The number of ether oxygens (including phenoxy) is 1. The Morgan fingerprint density at radius 3 is 2.47 bits per heavy atom. The van der Waals surface area contributed by atoms with E-state index < -0.39 is 5.97 Å². The number of hydrogen-bond acceptors (Lipinski definition) is 4. The number of rotatable bonds is 5. The number of hydrogen-bond donors (Lipinski definition) is 0. The van der Waals surface area contributed by atoms with Crippen molar-refractivity contribution in [1.29, 1.82) is 0 Å². The number of nitrogens with zero attached hydrogens (tertiary/aromatic N) is 2. The molecule has 0 N–H and O–H groups in total. The SMILES string of the molecule is CCOC(=O)c1ccc(-n2c(/C=C/c3ccc(Cl)cc3)nc3ccc(I)cc3c2=O)cc1. The van der Waals surface area contributed by atoms with E-state index in [1.807, 2.05) is 36.4 Å². The minimum Gasteiger partial charge on any atom is -0.462 e. The third kappa shape index (κ3) is 4.76. The fraction of sp³-hybridized carbons (Fsp3) is 0.0800. The molecule has 0 saturated carbocycles. The van der Waals surface area contributed by atoms with Crippen LogP contribution in [-0.2, 0) is 4.74 Å². The fourth-order valence-corrected chi connectivity index (χ4v) is 3.86. The van der Waals surface area contributed by atoms with E-state index in [1.54, 1.807) is 54.0 Å². The number of carbonyl (C=O) groups is 1. The van der Waals surface area contributed by atoms with Gasteiger partial charge in [-0.3, -0.25) is 9.36 Å². The molecule has 5 nitrogen and oxygen atoms in total. The third-order valence-corrected chi connectivity index (χ3v) is 5.71. The van der Waals surface area contributed by atoms with Crippen LogP contribution in [0.15, 0.2) is 71.5 Å². The van der Waals surface area contributed by atoms with Crippen LogP contribution in [-0.4, -0.2) is 22.1 Å². The van der Waals surface area contributed by atoms with Crippen molar-refractivity contribution in [3.8, 4) is 5.69 Å². The average molecular weight is 557 g/mol. The Kier molecular flexibility index (Phi) is 6.72. The summed E-state index contributed by atoms with van der Waals surface area (Å²) in [6, 6.07) is 19.7. The number of halogens is 2. The van der Waals surface area contributed by atoms with Crippen molar-refractivity contribution in [3.63, 3.8) is 0 Å². The predicted molar refractivity (Wildman–Crippen MR) is 136 cm³/mol. The van der Waals surface area contributed by atoms with Gasteiger partial charge in [0.05, 0.1) is 28.8 Å². The van der Waals surface area contributed by atoms with Gasteiger partial charge in [0, 0.05) is 8.59 Å². The number of aromatic nitrogens is 2. The van der Waals surface area contributed by atoms with E-state index in [4.69, 9.17) is 21.3 Å². The summed E-state index contributed by atoms with van der Waals surface area (Å²) in [5, 5.41) is 1.18. The van der Waals surface area contributed by atoms with Gasteiger partial charge in [-0.05, 0) is 95.8 Å². The van der Waals surface area contributed by atoms with Gasteiger partial charge in [-0.15, -0.1) is 0 Å². The van der Waals surface area contributed by atoms with E-state index >= 15 is 0 Å². The summed E-state index contributed by atoms with van der Waals surface area (Å²) in [6.07, 6.45) is 3.67. The molecule has 0 atom stereocenters. The molecule has 0 radical (unpaired) electrons. The molecule has 0 aliphatic heterocycles. The molecule has 1 heterocycles. The average Bonchev–Trinajstić information content (AvgIpc) is 2.79. The van der Waals surface area contributed by atoms with Gasteiger partial charge in [-0.25, -0.2) is 9.78 Å². The third-order valence-electron chi connectivity index (χ3n) is 4.79. The second-order valence-corrected chi connectivity index (χ2v) is 8.61. The normalized spacial score (nSPS) is 11.2. The number of fused-ring (bicyclic) bond motifs is 1. The molecule has 0 aliphatic rings. The lowest BCUT2D eigenvalue weighted by molar-refractivity contribution is 0.0526. The van der Waals surface area contributed by atoms with E-state index in [0.29, 0.717) is 39.6 Å². The highest BCUT2D eigenvalue weighted by atomic mass is 127. The van der Waals surface area contributed by atoms with Crippen molar-refractivity contribution >= 4 is 63.2 Å². The van der Waals surface area contributed by atoms with Crippen molar-refractivity contribution < 1.29 is 9.53 Å². The quantitative estimate of drug-likeness (QED) is 0.224. The van der Waals surface area contributed by atoms with Crippen molar-refractivity contribution in [2.75, 3.05) is 6.61 Å². The van der Waals surface area contributed by atoms with Crippen LogP contribution in [0.1, 0.15) is 28.7 Å². The van der Waals surface area contributed by atoms with Crippen molar-refractivity contribution in [2.45, 2.75) is 6.92 Å². The largest absolute Gasteiger partial charge is 0.462 e. The van der Waals surface area contributed by atoms with Crippen LogP contribution in [0.25, 0.3) is 28.7 Å². The minimum atomic E-state index is -0.402. The van der Waals surface area contributed by atoms with Crippen LogP contribution in [0, 0.1) is 3.57 Å². The molecule has 7 heteroatoms. The zero-order valence-electron chi connectivity index (χ0n) is 17.1. The molecule has 1 aromatic heterocycles. The predicted octanol–water partition coefficient (Wildman–Crippen LogP) is 5.99. The molecular formula is C25H18ClIN2O3. The van der Waals surface area contributed by atoms with Gasteiger partial charge in [-0.1, -0.05) is 29.8 Å². The van der Waals surface area contributed by atoms with E-state index in [1.165, 1.54) is 0 Å². The molecule has 32 heavy (non-hydrogen) atoms. The van der Waals surface area contributed by atoms with Crippen LogP contribution in [0.3, 0.4) is 0 Å². The van der Waals surface area contributed by atoms with Crippen LogP contribution in [0.5, 0.6) is 0 Å². The minimum absolute atomic E-state index is 0.187. The molecule has 0 unspecified atom stereocenters. The molecule has 4 rings (SSSR count). The Morgan fingerprint density at radius 2 is 1.78 bits per heavy atom. The molecule has 0 aliphatic carbocycles. The monoisotopic (exact) mass is 556 g/mol. The van der Waals surface area contributed by atoms with Crippen LogP contribution in [0.4, 0.5) is 0 Å². The van der Waals surface area contributed by atoms with E-state index in [2.05, 4.69) is 22.6 Å². The first kappa shape index (κ1) is 22.2. The van der Waals surface area contributed by atoms with Gasteiger partial charge in [0.25, 0.3) is 5.56 Å². The first-order chi connectivity index (χ1) is 15.5. The summed E-state index contributed by atoms with van der Waals surface area (Å²) in [7, 11) is 0. The zero-order chi connectivity index (χ0) is 22.7. The smallest absolute Gasteiger partial charge is 0.338 e. The Bertz CT molecular complexity index is 1380. The molecule has 0 amide bonds. The van der Waals surface area contributed by atoms with Gasteiger partial charge in [0.15, 0.2) is 0 Å². The molecular weight excluding hydrogens is 539 g/mol. The fourth-order valence-electron chi connectivity index (χ4n) is 3.24. The maximum atomic E-state index is 13.5. The molecule has 0 bridgehead atoms. The van der Waals surface area contributed by atoms with Crippen molar-refractivity contribution in [3.05, 3.63) is 103 Å². The summed E-state index contributed by atoms with van der Waals surface area (Å²) in [5.74, 6) is 0.0722. The number of carbonyl (C=O) groups excluding carboxylic acids is 1. The molecule has 160 valence electrons. The molecule has 3 aromatic carbocycles. The topological polar surface area (TPSA) is 61.2 Å². The van der Waals surface area contributed by atoms with E-state index in [0.717, 1.165) is 9.13 Å². The summed E-state index contributed by atoms with van der Waals surface area (Å²) in [5.41, 5.74) is 2.38. The van der Waals surface area contributed by atoms with Gasteiger partial charge < -0.3 is 4.74 Å². The lowest BCUT2D eigenvalue weighted by Gasteiger charge is -2.12. The Balaban J connectivity index is 1.86. The van der Waals surface area contributed by atoms with Gasteiger partial charge >= 0.3 is 5.97 Å². The molecule has 0 fully saturated rings. The molecule has 4 aromatic rings. The Hall–Kier alpha value is -2.97. The maximum Gasteiger partial charge on any atom is 0.338 e. The number of benzene rings is 3. The zero-order valence-corrected chi connectivity index (χ0v) is 20.0. The lowest BCUT2D eigenvalue weighted by Crippen LogP contribution is -2.22. The van der Waals surface area contributed by atoms with Gasteiger partial charge in [-0.2, -0.15) is 0 Å². The standard InChI is InChI=1S/C25H18ClIN2O3/c1-2-32-25(31)17-6-11-20(12-7-17)29-23(14-5-16-3-8-18(26)9-4-16)28-22-13-10-19(27)15-21(22)24(29)30/h3-15H,2H2,1H3/b14-5+. The van der Waals surface area contributed by atoms with Crippen molar-refractivity contribution in [1.82, 2.24) is 9.55 Å². The Labute approximate surface area is 203 Å². The lowest BCUT2D eigenvalue weighted by atomic mass is 10.1. The van der Waals surface area contributed by atoms with Crippen LogP contribution < -0.4 is 5.56 Å². The molecule has 0 spiro atoms. The van der Waals surface area contributed by atoms with Crippen LogP contribution >= 0.6 is 34.2 Å². The van der Waals surface area contributed by atoms with Crippen molar-refractivity contribution in [2.24, 2.45) is 0 Å². The first-order valence-electron chi connectivity index (χ1n) is 9.90. The highest BCUT2D eigenvalue weighted by Crippen LogP contribution is 2.19. The summed E-state index contributed by atoms with van der Waals surface area (Å²) in [6.45, 7) is 2.06. The highest BCUT2D eigenvalue weighted by Gasteiger charge is 2.13. The second kappa shape index (κ2) is 9.67. The summed E-state index contributed by atoms with van der Waals surface area (Å²) in [4.78, 5) is 30.2. The van der Waals surface area contributed by atoms with Crippen LogP contribution in [0.2, 0.25) is 5.02 Å². The second-order valence-electron chi connectivity index (χ2n) is 6.92. The summed E-state index contributed by atoms with van der Waals surface area (Å²) >= 11 is 8.15. The van der Waals surface area contributed by atoms with E-state index in [9.17, 15) is 9.59 Å². The van der Waals surface area contributed by atoms with E-state index in [-0.39, 0.29) is 5.56 Å². The molecule has 0 saturated heterocycles. The highest BCUT2D eigenvalue weighted by molar-refractivity contribution is 14.1. The van der Waals surface area contributed by atoms with Gasteiger partial charge in [0.2, 0.25) is 0 Å². The number of esters is 1. The van der Waals surface area contributed by atoms with Gasteiger partial charge in [0.1, 0.15) is 5.82 Å².